The molecular weight excluding hydrogens is 404 g/mol. The fourth-order valence-corrected chi connectivity index (χ4v) is 2.56. The van der Waals surface area contributed by atoms with Gasteiger partial charge in [0, 0.05) is 16.6 Å². The molecule has 0 atom stereocenters. The molecule has 0 spiro atoms. The number of H-pyrrole nitrogens is 1. The molecule has 0 aliphatic carbocycles. The van der Waals surface area contributed by atoms with Crippen LogP contribution in [-0.2, 0) is 11.3 Å². The van der Waals surface area contributed by atoms with E-state index in [1.807, 2.05) is 33.8 Å². The second-order valence-electron chi connectivity index (χ2n) is 6.50. The van der Waals surface area contributed by atoms with Crippen molar-refractivity contribution in [1.82, 2.24) is 25.9 Å². The summed E-state index contributed by atoms with van der Waals surface area (Å²) in [6, 6.07) is 3.63. The summed E-state index contributed by atoms with van der Waals surface area (Å²) in [7, 11) is 0. The molecule has 10 heteroatoms. The third-order valence-electron chi connectivity index (χ3n) is 3.07. The van der Waals surface area contributed by atoms with Crippen LogP contribution < -0.4 is 20.1 Å². The summed E-state index contributed by atoms with van der Waals surface area (Å²) < 4.78 is 12.1. The number of anilines is 1. The highest BCUT2D eigenvalue weighted by atomic mass is 79.9. The first kappa shape index (κ1) is 20.0. The first-order chi connectivity index (χ1) is 12.3. The van der Waals surface area contributed by atoms with E-state index in [0.29, 0.717) is 30.6 Å². The van der Waals surface area contributed by atoms with Gasteiger partial charge < -0.3 is 20.1 Å². The number of tetrazole rings is 1. The van der Waals surface area contributed by atoms with Crippen molar-refractivity contribution >= 4 is 27.8 Å². The zero-order chi connectivity index (χ0) is 19.2. The van der Waals surface area contributed by atoms with Gasteiger partial charge in [-0.2, -0.15) is 5.21 Å². The van der Waals surface area contributed by atoms with Gasteiger partial charge >= 0.3 is 0 Å². The number of benzene rings is 1. The van der Waals surface area contributed by atoms with Gasteiger partial charge in [-0.3, -0.25) is 4.79 Å². The molecule has 0 aliphatic heterocycles. The topological polar surface area (TPSA) is 114 Å². The summed E-state index contributed by atoms with van der Waals surface area (Å²) in [5.74, 6) is 1.25. The summed E-state index contributed by atoms with van der Waals surface area (Å²) in [5, 5.41) is 19.4. The first-order valence-corrected chi connectivity index (χ1v) is 8.94. The van der Waals surface area contributed by atoms with E-state index in [-0.39, 0.29) is 18.1 Å². The number of nitrogens with zero attached hydrogens (tertiary/aromatic N) is 3. The van der Waals surface area contributed by atoms with Crippen molar-refractivity contribution in [2.24, 2.45) is 0 Å². The Bertz CT molecular complexity index is 730. The number of hydrogen-bond acceptors (Lipinski definition) is 7. The zero-order valence-electron chi connectivity index (χ0n) is 15.2. The van der Waals surface area contributed by atoms with E-state index in [2.05, 4.69) is 47.2 Å². The molecule has 9 nitrogen and oxygen atoms in total. The van der Waals surface area contributed by atoms with E-state index in [9.17, 15) is 4.79 Å². The molecule has 3 N–H and O–H groups in total. The van der Waals surface area contributed by atoms with Crippen molar-refractivity contribution in [3.8, 4) is 11.5 Å². The number of aromatic nitrogens is 4. The van der Waals surface area contributed by atoms with Gasteiger partial charge in [-0.15, -0.1) is 5.10 Å². The molecule has 1 aromatic carbocycles. The maximum absolute atomic E-state index is 12.0. The number of aromatic amines is 1. The number of ether oxygens (including phenoxy) is 2. The van der Waals surface area contributed by atoms with Crippen LogP contribution in [0.15, 0.2) is 16.6 Å². The minimum Gasteiger partial charge on any atom is -0.490 e. The van der Waals surface area contributed by atoms with Crippen LogP contribution in [0.25, 0.3) is 0 Å². The SMILES string of the molecule is CCOc1cc(CNc2nn[nH]n2)c(Br)cc1OCC(=O)NC(C)(C)C. The van der Waals surface area contributed by atoms with Crippen LogP contribution in [0.4, 0.5) is 5.95 Å². The molecule has 1 heterocycles. The zero-order valence-corrected chi connectivity index (χ0v) is 16.8. The molecule has 0 radical (unpaired) electrons. The Morgan fingerprint density at radius 2 is 2.00 bits per heavy atom. The number of amides is 1. The molecule has 0 unspecified atom stereocenters. The van der Waals surface area contributed by atoms with Gasteiger partial charge in [0.05, 0.1) is 6.61 Å². The van der Waals surface area contributed by atoms with Crippen LogP contribution in [0.2, 0.25) is 0 Å². The molecule has 1 aromatic heterocycles. The predicted octanol–water partition coefficient (Wildman–Crippen LogP) is 2.27. The molecule has 1 amide bonds. The van der Waals surface area contributed by atoms with E-state index >= 15 is 0 Å². The Morgan fingerprint density at radius 1 is 1.27 bits per heavy atom. The van der Waals surface area contributed by atoms with E-state index < -0.39 is 0 Å². The average Bonchev–Trinajstić information content (AvgIpc) is 3.05. The molecule has 2 rings (SSSR count). The molecule has 0 aliphatic rings. The van der Waals surface area contributed by atoms with E-state index in [1.165, 1.54) is 0 Å². The average molecular weight is 427 g/mol. The van der Waals surface area contributed by atoms with Crippen LogP contribution in [0.5, 0.6) is 11.5 Å². The Hall–Kier alpha value is -2.36. The second kappa shape index (κ2) is 8.84. The van der Waals surface area contributed by atoms with Crippen LogP contribution in [0.1, 0.15) is 33.3 Å². The van der Waals surface area contributed by atoms with Gasteiger partial charge in [0.25, 0.3) is 11.9 Å². The Kier molecular flexibility index (Phi) is 6.78. The smallest absolute Gasteiger partial charge is 0.263 e. The number of halogens is 1. The van der Waals surface area contributed by atoms with Crippen molar-refractivity contribution in [2.45, 2.75) is 39.8 Å². The van der Waals surface area contributed by atoms with Gasteiger partial charge in [-0.1, -0.05) is 21.0 Å². The summed E-state index contributed by atoms with van der Waals surface area (Å²) in [6.07, 6.45) is 0. The summed E-state index contributed by atoms with van der Waals surface area (Å²) in [6.45, 7) is 8.48. The second-order valence-corrected chi connectivity index (χ2v) is 7.35. The van der Waals surface area contributed by atoms with E-state index in [0.717, 1.165) is 10.0 Å². The molecule has 0 saturated carbocycles. The van der Waals surface area contributed by atoms with Gasteiger partial charge in [0.2, 0.25) is 0 Å². The fourth-order valence-electron chi connectivity index (χ4n) is 2.10. The van der Waals surface area contributed by atoms with Crippen molar-refractivity contribution < 1.29 is 14.3 Å². The quantitative estimate of drug-likeness (QED) is 0.592. The number of carbonyl (C=O) groups excluding carboxylic acids is 1. The Labute approximate surface area is 160 Å². The lowest BCUT2D eigenvalue weighted by atomic mass is 10.1. The van der Waals surface area contributed by atoms with Crippen LogP contribution >= 0.6 is 15.9 Å². The van der Waals surface area contributed by atoms with Gasteiger partial charge in [-0.05, 0) is 50.6 Å². The Balaban J connectivity index is 2.08. The molecule has 0 bridgehead atoms. The molecular formula is C16H23BrN6O3. The van der Waals surface area contributed by atoms with Gasteiger partial charge in [0.1, 0.15) is 0 Å². The molecule has 26 heavy (non-hydrogen) atoms. The van der Waals surface area contributed by atoms with E-state index in [4.69, 9.17) is 9.47 Å². The van der Waals surface area contributed by atoms with Crippen molar-refractivity contribution in [3.63, 3.8) is 0 Å². The van der Waals surface area contributed by atoms with Gasteiger partial charge in [0.15, 0.2) is 18.1 Å². The lowest BCUT2D eigenvalue weighted by molar-refractivity contribution is -0.124. The highest BCUT2D eigenvalue weighted by Gasteiger charge is 2.16. The first-order valence-electron chi connectivity index (χ1n) is 8.15. The summed E-state index contributed by atoms with van der Waals surface area (Å²) in [5.41, 5.74) is 0.610. The number of hydrogen-bond donors (Lipinski definition) is 3. The van der Waals surface area contributed by atoms with Crippen LogP contribution in [0.3, 0.4) is 0 Å². The number of carbonyl (C=O) groups is 1. The Morgan fingerprint density at radius 3 is 2.62 bits per heavy atom. The lowest BCUT2D eigenvalue weighted by Gasteiger charge is -2.21. The lowest BCUT2D eigenvalue weighted by Crippen LogP contribution is -2.43. The minimum absolute atomic E-state index is 0.0930. The van der Waals surface area contributed by atoms with Crippen LogP contribution in [-0.4, -0.2) is 45.3 Å². The number of rotatable bonds is 8. The predicted molar refractivity (Wildman–Crippen MR) is 100 cm³/mol. The van der Waals surface area contributed by atoms with Gasteiger partial charge in [-0.25, -0.2) is 0 Å². The van der Waals surface area contributed by atoms with E-state index in [1.54, 1.807) is 6.07 Å². The molecule has 0 saturated heterocycles. The largest absolute Gasteiger partial charge is 0.490 e. The summed E-state index contributed by atoms with van der Waals surface area (Å²) >= 11 is 3.51. The molecule has 142 valence electrons. The highest BCUT2D eigenvalue weighted by molar-refractivity contribution is 9.10. The monoisotopic (exact) mass is 426 g/mol. The highest BCUT2D eigenvalue weighted by Crippen LogP contribution is 2.34. The maximum atomic E-state index is 12.0. The summed E-state index contributed by atoms with van der Waals surface area (Å²) in [4.78, 5) is 12.0. The van der Waals surface area contributed by atoms with Crippen molar-refractivity contribution in [1.29, 1.82) is 0 Å². The number of nitrogens with one attached hydrogen (secondary N) is 3. The van der Waals surface area contributed by atoms with Crippen molar-refractivity contribution in [3.05, 3.63) is 22.2 Å². The molecule has 0 fully saturated rings. The van der Waals surface area contributed by atoms with Crippen molar-refractivity contribution in [2.75, 3.05) is 18.5 Å². The fraction of sp³-hybridized carbons (Fsp3) is 0.500. The standard InChI is InChI=1S/C16H23BrN6O3/c1-5-25-12-6-10(8-18-15-20-22-23-21-15)11(17)7-13(12)26-9-14(24)19-16(2,3)4/h6-7H,5,8-9H2,1-4H3,(H,19,24)(H2,18,20,21,22,23). The maximum Gasteiger partial charge on any atom is 0.263 e. The third-order valence-corrected chi connectivity index (χ3v) is 3.81. The normalized spacial score (nSPS) is 11.1. The van der Waals surface area contributed by atoms with Crippen LogP contribution in [0, 0.1) is 0 Å². The minimum atomic E-state index is -0.311. The third kappa shape index (κ3) is 6.17. The molecule has 2 aromatic rings.